The number of nitrogens with zero attached hydrogens (tertiary/aromatic N) is 1. The van der Waals surface area contributed by atoms with Gasteiger partial charge in [-0.25, -0.2) is 0 Å². The van der Waals surface area contributed by atoms with Gasteiger partial charge in [0.1, 0.15) is 5.75 Å². The summed E-state index contributed by atoms with van der Waals surface area (Å²) in [4.78, 5) is 18.0. The van der Waals surface area contributed by atoms with Crippen LogP contribution in [-0.4, -0.2) is 62.8 Å². The number of hydrogen-bond donors (Lipinski definition) is 4. The highest BCUT2D eigenvalue weighted by Crippen LogP contribution is 2.42. The molecule has 206 valence electrons. The molecule has 0 bridgehead atoms. The average Bonchev–Trinajstić information content (AvgIpc) is 2.88. The van der Waals surface area contributed by atoms with E-state index in [1.807, 2.05) is 0 Å². The van der Waals surface area contributed by atoms with Crippen LogP contribution in [-0.2, 0) is 6.18 Å². The average molecular weight is 571 g/mol. The number of aromatic amines is 1. The minimum absolute atomic E-state index is 0.0878. The van der Waals surface area contributed by atoms with Crippen molar-refractivity contribution in [1.82, 2.24) is 9.88 Å². The Kier molecular flexibility index (Phi) is 9.31. The van der Waals surface area contributed by atoms with E-state index in [1.54, 1.807) is 0 Å². The second-order valence-corrected chi connectivity index (χ2v) is 11.0. The predicted molar refractivity (Wildman–Crippen MR) is 144 cm³/mol. The van der Waals surface area contributed by atoms with Crippen LogP contribution in [0.15, 0.2) is 46.1 Å². The molecule has 0 aliphatic carbocycles. The molecule has 1 aromatic heterocycles. The van der Waals surface area contributed by atoms with Crippen LogP contribution in [0.1, 0.15) is 37.7 Å². The fourth-order valence-corrected chi connectivity index (χ4v) is 6.16. The number of alkyl halides is 3. The number of aliphatic hydroxyl groups is 2. The van der Waals surface area contributed by atoms with E-state index in [-0.39, 0.29) is 56.1 Å². The molecule has 11 heteroatoms. The maximum Gasteiger partial charge on any atom is 0.416 e. The third-order valence-electron chi connectivity index (χ3n) is 6.89. The molecule has 0 saturated carbocycles. The molecule has 2 atom stereocenters. The molecular weight excluding hydrogens is 541 g/mol. The summed E-state index contributed by atoms with van der Waals surface area (Å²) in [7, 11) is 0. The van der Waals surface area contributed by atoms with Crippen molar-refractivity contribution in [3.8, 4) is 16.9 Å². The minimum atomic E-state index is -4.61. The van der Waals surface area contributed by atoms with Crippen LogP contribution in [0.25, 0.3) is 22.0 Å². The molecule has 0 radical (unpaired) electrons. The number of pyridine rings is 1. The molecule has 1 saturated heterocycles. The molecule has 1 aliphatic rings. The van der Waals surface area contributed by atoms with Gasteiger partial charge in [-0.05, 0) is 75.2 Å². The first-order chi connectivity index (χ1) is 18.1. The van der Waals surface area contributed by atoms with Gasteiger partial charge < -0.3 is 20.3 Å². The molecule has 1 fully saturated rings. The number of piperidine rings is 1. The highest BCUT2D eigenvalue weighted by molar-refractivity contribution is 7.99. The van der Waals surface area contributed by atoms with Gasteiger partial charge in [0, 0.05) is 38.8 Å². The zero-order valence-corrected chi connectivity index (χ0v) is 22.2. The number of hydrogen-bond acceptors (Lipinski definition) is 6. The van der Waals surface area contributed by atoms with Crippen LogP contribution in [0.4, 0.5) is 13.2 Å². The summed E-state index contributed by atoms with van der Waals surface area (Å²) >= 11 is 7.17. The Morgan fingerprint density at radius 3 is 2.71 bits per heavy atom. The van der Waals surface area contributed by atoms with Crippen LogP contribution in [0.2, 0.25) is 5.02 Å². The van der Waals surface area contributed by atoms with Crippen LogP contribution in [0, 0.1) is 0 Å². The zero-order chi connectivity index (χ0) is 27.4. The molecule has 2 aromatic carbocycles. The number of phenols is 1. The maximum atomic E-state index is 13.5. The largest absolute Gasteiger partial charge is 0.507 e. The Balaban J connectivity index is 1.61. The molecule has 1 aliphatic heterocycles. The van der Waals surface area contributed by atoms with Gasteiger partial charge in [0.2, 0.25) is 0 Å². The van der Waals surface area contributed by atoms with Gasteiger partial charge in [0.25, 0.3) is 5.56 Å². The van der Waals surface area contributed by atoms with E-state index < -0.39 is 23.4 Å². The lowest BCUT2D eigenvalue weighted by molar-refractivity contribution is -0.137. The molecule has 0 amide bonds. The van der Waals surface area contributed by atoms with E-state index in [4.69, 9.17) is 11.6 Å². The summed E-state index contributed by atoms with van der Waals surface area (Å²) in [6, 6.07) is 7.33. The summed E-state index contributed by atoms with van der Waals surface area (Å²) < 4.78 is 40.6. The first-order valence-corrected chi connectivity index (χ1v) is 13.9. The number of nitrogens with one attached hydrogen (secondary N) is 1. The fraction of sp³-hybridized carbons (Fsp3) is 0.444. The minimum Gasteiger partial charge on any atom is -0.507 e. The molecular formula is C27H30ClF3N2O4S. The van der Waals surface area contributed by atoms with Gasteiger partial charge >= 0.3 is 6.18 Å². The van der Waals surface area contributed by atoms with Crippen LogP contribution in [0.3, 0.4) is 0 Å². The third-order valence-corrected chi connectivity index (χ3v) is 8.35. The molecule has 2 unspecified atom stereocenters. The number of aromatic hydroxyl groups is 1. The number of aromatic nitrogens is 1. The number of fused-ring (bicyclic) bond motifs is 1. The predicted octanol–water partition coefficient (Wildman–Crippen LogP) is 5.65. The summed E-state index contributed by atoms with van der Waals surface area (Å²) in [6.07, 6.45) is -1.09. The maximum absolute atomic E-state index is 13.5. The first kappa shape index (κ1) is 28.8. The van der Waals surface area contributed by atoms with E-state index in [0.717, 1.165) is 56.2 Å². The van der Waals surface area contributed by atoms with Crippen molar-refractivity contribution in [1.29, 1.82) is 0 Å². The van der Waals surface area contributed by atoms with E-state index in [9.17, 15) is 33.3 Å². The lowest BCUT2D eigenvalue weighted by atomic mass is 9.98. The number of aliphatic hydroxyl groups excluding tert-OH is 2. The lowest BCUT2D eigenvalue weighted by Crippen LogP contribution is -2.42. The van der Waals surface area contributed by atoms with Gasteiger partial charge in [0.05, 0.1) is 23.2 Å². The second-order valence-electron chi connectivity index (χ2n) is 9.55. The molecule has 4 N–H and O–H groups in total. The summed E-state index contributed by atoms with van der Waals surface area (Å²) in [5.41, 5.74) is -0.990. The Labute approximate surface area is 227 Å². The molecule has 3 aromatic rings. The van der Waals surface area contributed by atoms with Gasteiger partial charge in [-0.3, -0.25) is 9.69 Å². The first-order valence-electron chi connectivity index (χ1n) is 12.5. The van der Waals surface area contributed by atoms with Crippen LogP contribution in [0.5, 0.6) is 5.75 Å². The topological polar surface area (TPSA) is 96.8 Å². The van der Waals surface area contributed by atoms with E-state index >= 15 is 0 Å². The number of phenolic OH excluding ortho intramolecular Hbond substituents is 1. The molecule has 0 spiro atoms. The van der Waals surface area contributed by atoms with Gasteiger partial charge in [-0.15, -0.1) is 11.8 Å². The van der Waals surface area contributed by atoms with Crippen LogP contribution < -0.4 is 5.56 Å². The highest BCUT2D eigenvalue weighted by atomic mass is 35.5. The van der Waals surface area contributed by atoms with Crippen molar-refractivity contribution in [3.05, 3.63) is 57.3 Å². The zero-order valence-electron chi connectivity index (χ0n) is 20.6. The van der Waals surface area contributed by atoms with E-state index in [2.05, 4.69) is 9.88 Å². The van der Waals surface area contributed by atoms with Crippen molar-refractivity contribution in [2.45, 2.75) is 55.3 Å². The quantitative estimate of drug-likeness (QED) is 0.248. The second kappa shape index (κ2) is 12.3. The van der Waals surface area contributed by atoms with E-state index in [0.29, 0.717) is 12.8 Å². The number of thioether (sulfide) groups is 1. The Bertz CT molecular complexity index is 1330. The molecule has 38 heavy (non-hydrogen) atoms. The molecule has 6 nitrogen and oxygen atoms in total. The normalized spacial score (nSPS) is 17.7. The summed E-state index contributed by atoms with van der Waals surface area (Å²) in [5.74, 6) is -0.105. The van der Waals surface area contributed by atoms with Crippen molar-refractivity contribution in [3.63, 3.8) is 0 Å². The SMILES string of the molecule is O=c1[nH]c2ccc(C(F)(F)F)cc2c(-c2cc(Cl)ccc2O)c1SCC(O)CCCN1CCCCC1CO. The Morgan fingerprint density at radius 1 is 1.18 bits per heavy atom. The number of benzene rings is 2. The van der Waals surface area contributed by atoms with Crippen molar-refractivity contribution >= 4 is 34.3 Å². The summed E-state index contributed by atoms with van der Waals surface area (Å²) in [5, 5.41) is 31.2. The summed E-state index contributed by atoms with van der Waals surface area (Å²) in [6.45, 7) is 1.76. The molecule has 2 heterocycles. The number of rotatable bonds is 9. The lowest BCUT2D eigenvalue weighted by Gasteiger charge is -2.34. The number of H-pyrrole nitrogens is 1. The standard InChI is InChI=1S/C27H30ClF3N2O4S/c28-17-7-9-23(36)21(13-17)24-20-12-16(27(29,30)31)6-8-22(20)32-26(37)25(24)38-15-19(35)5-3-11-33-10-2-1-4-18(33)14-34/h6-9,12-13,18-19,34-36H,1-5,10-11,14-15H2,(H,32,37). The number of likely N-dealkylation sites (tertiary alicyclic amines) is 1. The van der Waals surface area contributed by atoms with Gasteiger partial charge in [0.15, 0.2) is 0 Å². The fourth-order valence-electron chi connectivity index (χ4n) is 4.92. The number of halogens is 4. The van der Waals surface area contributed by atoms with E-state index in [1.165, 1.54) is 24.3 Å². The smallest absolute Gasteiger partial charge is 0.416 e. The Morgan fingerprint density at radius 2 is 1.97 bits per heavy atom. The van der Waals surface area contributed by atoms with Crippen LogP contribution >= 0.6 is 23.4 Å². The monoisotopic (exact) mass is 570 g/mol. The van der Waals surface area contributed by atoms with Gasteiger partial charge in [-0.2, -0.15) is 13.2 Å². The third kappa shape index (κ3) is 6.66. The Hall–Kier alpha value is -2.24. The van der Waals surface area contributed by atoms with Crippen molar-refractivity contribution < 1.29 is 28.5 Å². The van der Waals surface area contributed by atoms with Gasteiger partial charge in [-0.1, -0.05) is 18.0 Å². The van der Waals surface area contributed by atoms with Crippen molar-refractivity contribution in [2.75, 3.05) is 25.4 Å². The highest BCUT2D eigenvalue weighted by Gasteiger charge is 2.31. The van der Waals surface area contributed by atoms with Crippen molar-refractivity contribution in [2.24, 2.45) is 0 Å². The molecule has 4 rings (SSSR count).